The van der Waals surface area contributed by atoms with Crippen LogP contribution in [0.3, 0.4) is 0 Å². The van der Waals surface area contributed by atoms with Crippen molar-refractivity contribution < 1.29 is 33.7 Å². The third-order valence-corrected chi connectivity index (χ3v) is 20.2. The lowest BCUT2D eigenvalue weighted by atomic mass is 9.39. The topological polar surface area (TPSA) is 99.1 Å². The van der Waals surface area contributed by atoms with Crippen molar-refractivity contribution >= 4 is 17.7 Å². The maximum Gasteiger partial charge on any atom is 0.308 e. The zero-order chi connectivity index (χ0) is 38.9. The Balaban J connectivity index is 0.000000166. The van der Waals surface area contributed by atoms with Gasteiger partial charge in [-0.15, -0.1) is 0 Å². The molecule has 0 aromatic rings. The van der Waals surface area contributed by atoms with Crippen molar-refractivity contribution in [2.45, 2.75) is 182 Å². The van der Waals surface area contributed by atoms with Crippen LogP contribution >= 0.6 is 0 Å². The van der Waals surface area contributed by atoms with E-state index in [1.807, 2.05) is 13.0 Å². The predicted molar refractivity (Wildman–Crippen MR) is 215 cm³/mol. The minimum atomic E-state index is -0.717. The number of hydrogen-bond acceptors (Lipinski definition) is 7. The summed E-state index contributed by atoms with van der Waals surface area (Å²) in [5.74, 6) is 3.81. The summed E-state index contributed by atoms with van der Waals surface area (Å²) in [7, 11) is 3.02. The molecular weight excluding hydrogens is 689 g/mol. The monoisotopic (exact) mass is 765 g/mol. The summed E-state index contributed by atoms with van der Waals surface area (Å²) in [5, 5.41) is 12.0. The molecule has 1 spiro atoms. The van der Waals surface area contributed by atoms with E-state index >= 15 is 0 Å². The van der Waals surface area contributed by atoms with Crippen LogP contribution < -0.4 is 0 Å². The van der Waals surface area contributed by atoms with E-state index in [-0.39, 0.29) is 70.3 Å². The molecule has 310 valence electrons. The van der Waals surface area contributed by atoms with Gasteiger partial charge < -0.3 is 19.3 Å². The van der Waals surface area contributed by atoms with Crippen LogP contribution in [0, 0.1) is 74.9 Å². The lowest BCUT2D eigenvalue weighted by Crippen LogP contribution is -2.74. The van der Waals surface area contributed by atoms with E-state index in [0.717, 1.165) is 50.9 Å². The van der Waals surface area contributed by atoms with E-state index in [2.05, 4.69) is 41.5 Å². The molecule has 2 saturated heterocycles. The number of esters is 2. The first-order valence-electron chi connectivity index (χ1n) is 22.2. The Morgan fingerprint density at radius 1 is 0.709 bits per heavy atom. The average molecular weight is 765 g/mol. The Labute approximate surface area is 333 Å². The van der Waals surface area contributed by atoms with Crippen molar-refractivity contribution in [3.8, 4) is 0 Å². The van der Waals surface area contributed by atoms with Gasteiger partial charge in [-0.25, -0.2) is 0 Å². The molecule has 7 saturated carbocycles. The number of methoxy groups -OCH3 is 2. The summed E-state index contributed by atoms with van der Waals surface area (Å²) in [4.78, 5) is 36.5. The highest BCUT2D eigenvalue weighted by Gasteiger charge is 2.73. The number of rotatable bonds is 4. The molecule has 10 aliphatic rings. The van der Waals surface area contributed by atoms with Crippen molar-refractivity contribution in [2.75, 3.05) is 14.2 Å². The van der Waals surface area contributed by atoms with Gasteiger partial charge in [0, 0.05) is 11.8 Å². The molecular formula is C48H76O7. The Kier molecular flexibility index (Phi) is 10.3. The molecule has 8 aliphatic carbocycles. The second-order valence-electron chi connectivity index (χ2n) is 21.7. The average Bonchev–Trinajstić information content (AvgIpc) is 3.68. The molecule has 16 atom stereocenters. The molecule has 0 aromatic heterocycles. The van der Waals surface area contributed by atoms with Gasteiger partial charge in [-0.2, -0.15) is 0 Å². The van der Waals surface area contributed by atoms with Crippen LogP contribution in [-0.2, 0) is 28.6 Å². The van der Waals surface area contributed by atoms with Crippen LogP contribution in [0.4, 0.5) is 0 Å². The minimum Gasteiger partial charge on any atom is -0.469 e. The fourth-order valence-corrected chi connectivity index (χ4v) is 17.0. The second-order valence-corrected chi connectivity index (χ2v) is 21.7. The number of ketones is 1. The SMILES string of the molecule is C.COC(=O)[C@@H](C)[C@H]1CCC2C3CCC4=CC(=O)CC[C@]4(C)[C@@]3(O)CC[C@@]21C.COC(=O)[C@@H](C)[C@H]1CCC2C3CC[C@@H]4C[C@]5(C)CC[C@]4(C)[C@]3(CC[C@@]21C)O5. The normalized spacial score (nSPS) is 51.2. The maximum atomic E-state index is 12.3. The van der Waals surface area contributed by atoms with Crippen LogP contribution in [0.15, 0.2) is 11.6 Å². The lowest BCUT2D eigenvalue weighted by molar-refractivity contribution is -0.360. The van der Waals surface area contributed by atoms with Gasteiger partial charge in [0.2, 0.25) is 0 Å². The molecule has 4 unspecified atom stereocenters. The molecule has 7 heteroatoms. The van der Waals surface area contributed by atoms with E-state index in [4.69, 9.17) is 14.2 Å². The minimum absolute atomic E-state index is 0. The summed E-state index contributed by atoms with van der Waals surface area (Å²) in [6.07, 6.45) is 20.4. The molecule has 2 heterocycles. The van der Waals surface area contributed by atoms with Gasteiger partial charge >= 0.3 is 11.9 Å². The fourth-order valence-electron chi connectivity index (χ4n) is 17.0. The van der Waals surface area contributed by atoms with Gasteiger partial charge in [0.25, 0.3) is 0 Å². The van der Waals surface area contributed by atoms with E-state index in [1.54, 1.807) is 7.11 Å². The third-order valence-electron chi connectivity index (χ3n) is 20.2. The van der Waals surface area contributed by atoms with E-state index in [1.165, 1.54) is 70.5 Å². The lowest BCUT2D eigenvalue weighted by Gasteiger charge is -2.74. The predicted octanol–water partition coefficient (Wildman–Crippen LogP) is 10.1. The summed E-state index contributed by atoms with van der Waals surface area (Å²) in [5.41, 5.74) is 1.16. The molecule has 1 N–H and O–H groups in total. The van der Waals surface area contributed by atoms with Gasteiger partial charge in [0.05, 0.1) is 42.9 Å². The van der Waals surface area contributed by atoms with E-state index < -0.39 is 5.60 Å². The van der Waals surface area contributed by atoms with Crippen molar-refractivity contribution in [3.63, 3.8) is 0 Å². The van der Waals surface area contributed by atoms with Crippen LogP contribution in [-0.4, -0.2) is 53.9 Å². The Morgan fingerprint density at radius 3 is 1.87 bits per heavy atom. The van der Waals surface area contributed by atoms with Crippen LogP contribution in [0.5, 0.6) is 0 Å². The van der Waals surface area contributed by atoms with Crippen LogP contribution in [0.1, 0.15) is 165 Å². The van der Waals surface area contributed by atoms with Crippen molar-refractivity contribution in [2.24, 2.45) is 74.9 Å². The first-order chi connectivity index (χ1) is 25.4. The quantitative estimate of drug-likeness (QED) is 0.285. The number of hydrogen-bond donors (Lipinski definition) is 1. The van der Waals surface area contributed by atoms with E-state index in [0.29, 0.717) is 41.4 Å². The molecule has 0 radical (unpaired) electrons. The van der Waals surface area contributed by atoms with Crippen LogP contribution in [0.2, 0.25) is 0 Å². The van der Waals surface area contributed by atoms with Crippen molar-refractivity contribution in [1.29, 1.82) is 0 Å². The zero-order valence-corrected chi connectivity index (χ0v) is 35.2. The number of aliphatic hydroxyl groups is 1. The molecule has 7 nitrogen and oxygen atoms in total. The Bertz CT molecular complexity index is 1590. The molecule has 0 aromatic carbocycles. The molecule has 0 amide bonds. The first kappa shape index (κ1) is 41.4. The highest BCUT2D eigenvalue weighted by atomic mass is 16.5. The van der Waals surface area contributed by atoms with Gasteiger partial charge in [0.1, 0.15) is 0 Å². The summed E-state index contributed by atoms with van der Waals surface area (Å²) >= 11 is 0. The molecule has 2 aliphatic heterocycles. The maximum absolute atomic E-state index is 12.3. The van der Waals surface area contributed by atoms with E-state index in [9.17, 15) is 19.5 Å². The smallest absolute Gasteiger partial charge is 0.308 e. The molecule has 55 heavy (non-hydrogen) atoms. The summed E-state index contributed by atoms with van der Waals surface area (Å²) in [6.45, 7) is 16.1. The highest BCUT2D eigenvalue weighted by molar-refractivity contribution is 5.91. The van der Waals surface area contributed by atoms with Gasteiger partial charge in [-0.1, -0.05) is 54.5 Å². The van der Waals surface area contributed by atoms with Crippen molar-refractivity contribution in [3.05, 3.63) is 11.6 Å². The van der Waals surface area contributed by atoms with Gasteiger partial charge in [-0.05, 0) is 173 Å². The second kappa shape index (κ2) is 13.7. The largest absolute Gasteiger partial charge is 0.469 e. The Morgan fingerprint density at radius 2 is 1.27 bits per heavy atom. The first-order valence-corrected chi connectivity index (χ1v) is 22.2. The van der Waals surface area contributed by atoms with Crippen molar-refractivity contribution in [1.82, 2.24) is 0 Å². The summed E-state index contributed by atoms with van der Waals surface area (Å²) < 4.78 is 17.3. The number of carbonyl (C=O) groups is 3. The number of ether oxygens (including phenoxy) is 3. The van der Waals surface area contributed by atoms with Gasteiger partial charge in [-0.3, -0.25) is 14.4 Å². The molecule has 10 rings (SSSR count). The van der Waals surface area contributed by atoms with Gasteiger partial charge in [0.15, 0.2) is 5.78 Å². The standard InChI is InChI=1S/C24H38O3.C23H34O4.CH4/c1-15(20(25)26-5)17-8-9-18-19-7-6-16-14-21(2)10-12-23(16,4)24(19,27-21)13-11-22(17,18)3;1-14(20(25)27-4)17-7-8-18-19-6-5-15-13-16(24)9-10-22(15,3)23(19,26)12-11-21(17,18)2;/h15-19H,6-14H2,1-5H3;13-14,17-19,26H,5-12H2,1-4H3;1H4/t15-,16+,17+,18?,19?,21-,22+,23-,24+;14-,17+,18?,19?,21+,22-,23+;/m00./s1. The Hall–Kier alpha value is -1.73. The molecule has 4 bridgehead atoms. The zero-order valence-electron chi connectivity index (χ0n) is 35.2. The fraction of sp³-hybridized carbons (Fsp3) is 0.896. The summed E-state index contributed by atoms with van der Waals surface area (Å²) in [6, 6.07) is 0. The third kappa shape index (κ3) is 5.55. The number of carbonyl (C=O) groups excluding carboxylic acids is 3. The molecule has 9 fully saturated rings. The van der Waals surface area contributed by atoms with Crippen LogP contribution in [0.25, 0.3) is 0 Å². The number of fused-ring (bicyclic) bond motifs is 8. The highest BCUT2D eigenvalue weighted by Crippen LogP contribution is 2.75.